The number of nitrogens with one attached hydrogen (secondary N) is 4. The second-order valence-electron chi connectivity index (χ2n) is 13.5. The molecule has 4 N–H and O–H groups in total. The Morgan fingerprint density at radius 3 is 2.52 bits per heavy atom. The van der Waals surface area contributed by atoms with Crippen LogP contribution < -0.4 is 30.7 Å². The molecule has 52 heavy (non-hydrogen) atoms. The molecule has 1 aliphatic rings. The number of anilines is 3. The van der Waals surface area contributed by atoms with Gasteiger partial charge in [0.05, 0.1) is 29.4 Å². The van der Waals surface area contributed by atoms with Gasteiger partial charge in [0.25, 0.3) is 0 Å². The molecule has 1 fully saturated rings. The molecular weight excluding hydrogens is 712 g/mol. The minimum atomic E-state index is -0.835. The van der Waals surface area contributed by atoms with Gasteiger partial charge in [-0.05, 0) is 74.2 Å². The molecule has 3 aromatic carbocycles. The summed E-state index contributed by atoms with van der Waals surface area (Å²) in [5.41, 5.74) is 1.61. The van der Waals surface area contributed by atoms with Crippen molar-refractivity contribution in [3.63, 3.8) is 0 Å². The molecule has 12 nitrogen and oxygen atoms in total. The van der Waals surface area contributed by atoms with E-state index in [0.29, 0.717) is 69.6 Å². The van der Waals surface area contributed by atoms with Crippen LogP contribution in [0.3, 0.4) is 0 Å². The maximum absolute atomic E-state index is 13.9. The highest BCUT2D eigenvalue weighted by Crippen LogP contribution is 2.36. The van der Waals surface area contributed by atoms with Gasteiger partial charge in [0.15, 0.2) is 0 Å². The van der Waals surface area contributed by atoms with E-state index in [2.05, 4.69) is 31.2 Å². The summed E-state index contributed by atoms with van der Waals surface area (Å²) in [4.78, 5) is 50.9. The van der Waals surface area contributed by atoms with Gasteiger partial charge >= 0.3 is 0 Å². The SMILES string of the molecule is CN[C@@H](C)C(=O)N[C@H](C(=O)N1CCC[C@H]1C(=O)Nc1cc2c(Nc3ccc(OCc4cccc(F)c4)c(Cl)c3)ncnc2cc1OC)C(C)(C)C.Cl. The fourth-order valence-electron chi connectivity index (χ4n) is 5.80. The maximum Gasteiger partial charge on any atom is 0.247 e. The molecule has 5 rings (SSSR count). The van der Waals surface area contributed by atoms with Crippen LogP contribution >= 0.6 is 24.0 Å². The van der Waals surface area contributed by atoms with E-state index in [1.807, 2.05) is 20.8 Å². The number of fused-ring (bicyclic) bond motifs is 1. The topological polar surface area (TPSA) is 147 Å². The number of benzene rings is 3. The molecule has 3 atom stereocenters. The number of amides is 3. The first-order valence-corrected chi connectivity index (χ1v) is 17.0. The maximum atomic E-state index is 13.9. The lowest BCUT2D eigenvalue weighted by molar-refractivity contribution is -0.143. The van der Waals surface area contributed by atoms with Crippen molar-refractivity contribution < 1.29 is 28.2 Å². The highest BCUT2D eigenvalue weighted by molar-refractivity contribution is 6.32. The molecule has 0 spiro atoms. The van der Waals surface area contributed by atoms with Gasteiger partial charge in [-0.15, -0.1) is 12.4 Å². The zero-order valence-corrected chi connectivity index (χ0v) is 31.5. The number of carbonyl (C=O) groups is 3. The van der Waals surface area contributed by atoms with Gasteiger partial charge in [-0.2, -0.15) is 0 Å². The standard InChI is InChI=1S/C37H43ClFN7O5.ClH/c1-21(40-5)34(47)45-32(37(2,3)4)36(49)46-14-8-11-29(46)35(48)44-28-17-25-27(18-31(28)50-6)41-20-42-33(25)43-24-12-13-30(26(38)16-24)51-19-22-9-7-10-23(39)15-22;/h7,9-10,12-13,15-18,20-21,29,32,40H,8,11,14,19H2,1-6H3,(H,44,48)(H,45,47)(H,41,42,43);1H/t21-,29-,32+;/m0./s1. The number of carbonyl (C=O) groups excluding carboxylic acids is 3. The summed E-state index contributed by atoms with van der Waals surface area (Å²) in [7, 11) is 3.17. The minimum Gasteiger partial charge on any atom is -0.494 e. The summed E-state index contributed by atoms with van der Waals surface area (Å²) in [6.07, 6.45) is 2.50. The van der Waals surface area contributed by atoms with Crippen LogP contribution in [-0.2, 0) is 21.0 Å². The van der Waals surface area contributed by atoms with E-state index < -0.39 is 23.5 Å². The number of hydrogen-bond acceptors (Lipinski definition) is 9. The molecule has 0 aliphatic carbocycles. The first kappa shape index (κ1) is 40.1. The van der Waals surface area contributed by atoms with E-state index in [-0.39, 0.29) is 42.6 Å². The van der Waals surface area contributed by atoms with Gasteiger partial charge < -0.3 is 35.6 Å². The zero-order valence-electron chi connectivity index (χ0n) is 29.9. The molecule has 1 aliphatic heterocycles. The van der Waals surface area contributed by atoms with Gasteiger partial charge in [0.1, 0.15) is 48.2 Å². The summed E-state index contributed by atoms with van der Waals surface area (Å²) in [6.45, 7) is 7.88. The second-order valence-corrected chi connectivity index (χ2v) is 13.9. The van der Waals surface area contributed by atoms with Crippen molar-refractivity contribution >= 4 is 69.8 Å². The number of hydrogen-bond donors (Lipinski definition) is 4. The van der Waals surface area contributed by atoms with Crippen LogP contribution in [0.5, 0.6) is 11.5 Å². The molecule has 15 heteroatoms. The van der Waals surface area contributed by atoms with Crippen molar-refractivity contribution in [2.75, 3.05) is 31.3 Å². The van der Waals surface area contributed by atoms with Crippen molar-refractivity contribution in [3.05, 3.63) is 77.3 Å². The van der Waals surface area contributed by atoms with Crippen LogP contribution in [0.2, 0.25) is 5.02 Å². The lowest BCUT2D eigenvalue weighted by Gasteiger charge is -2.36. The molecule has 0 saturated carbocycles. The summed E-state index contributed by atoms with van der Waals surface area (Å²) >= 11 is 6.53. The van der Waals surface area contributed by atoms with Crippen molar-refractivity contribution in [1.29, 1.82) is 0 Å². The fourth-order valence-corrected chi connectivity index (χ4v) is 6.04. The average molecular weight is 757 g/mol. The predicted octanol–water partition coefficient (Wildman–Crippen LogP) is 6.24. The Kier molecular flexibility index (Phi) is 13.2. The second kappa shape index (κ2) is 17.2. The lowest BCUT2D eigenvalue weighted by atomic mass is 9.85. The molecular formula is C37H44Cl2FN7O5. The fraction of sp³-hybridized carbons (Fsp3) is 0.378. The number of likely N-dealkylation sites (tertiary alicyclic amines) is 1. The van der Waals surface area contributed by atoms with E-state index in [1.54, 1.807) is 61.3 Å². The van der Waals surface area contributed by atoms with E-state index in [1.165, 1.54) is 25.6 Å². The highest BCUT2D eigenvalue weighted by atomic mass is 35.5. The predicted molar refractivity (Wildman–Crippen MR) is 202 cm³/mol. The molecule has 3 amide bonds. The number of rotatable bonds is 12. The van der Waals surface area contributed by atoms with Crippen molar-refractivity contribution in [2.24, 2.45) is 5.41 Å². The largest absolute Gasteiger partial charge is 0.494 e. The third kappa shape index (κ3) is 9.38. The number of methoxy groups -OCH3 is 1. The number of aromatic nitrogens is 2. The van der Waals surface area contributed by atoms with E-state index in [4.69, 9.17) is 21.1 Å². The molecule has 1 aromatic heterocycles. The quantitative estimate of drug-likeness (QED) is 0.132. The molecule has 0 unspecified atom stereocenters. The minimum absolute atomic E-state index is 0. The Hall–Kier alpha value is -4.72. The Balaban J connectivity index is 0.00000605. The van der Waals surface area contributed by atoms with Gasteiger partial charge in [0.2, 0.25) is 17.7 Å². The Bertz CT molecular complexity index is 1930. The average Bonchev–Trinajstić information content (AvgIpc) is 3.59. The van der Waals surface area contributed by atoms with Crippen LogP contribution in [0.15, 0.2) is 60.9 Å². The van der Waals surface area contributed by atoms with Crippen molar-refractivity contribution in [2.45, 2.75) is 65.3 Å². The van der Waals surface area contributed by atoms with Crippen LogP contribution in [-0.4, -0.2) is 71.4 Å². The summed E-state index contributed by atoms with van der Waals surface area (Å²) < 4.78 is 25.0. The molecule has 278 valence electrons. The smallest absolute Gasteiger partial charge is 0.247 e. The summed E-state index contributed by atoms with van der Waals surface area (Å²) in [5.74, 6) is -0.0941. The number of likely N-dealkylation sites (N-methyl/N-ethyl adjacent to an activating group) is 1. The highest BCUT2D eigenvalue weighted by Gasteiger charge is 2.42. The molecule has 0 radical (unpaired) electrons. The number of ether oxygens (including phenoxy) is 2. The van der Waals surface area contributed by atoms with E-state index >= 15 is 0 Å². The third-order valence-corrected chi connectivity index (χ3v) is 9.05. The Morgan fingerprint density at radius 1 is 1.08 bits per heavy atom. The van der Waals surface area contributed by atoms with E-state index in [9.17, 15) is 18.8 Å². The number of nitrogens with zero attached hydrogens (tertiary/aromatic N) is 3. The summed E-state index contributed by atoms with van der Waals surface area (Å²) in [6, 6.07) is 12.6. The van der Waals surface area contributed by atoms with Crippen LogP contribution in [0, 0.1) is 11.2 Å². The molecule has 4 aromatic rings. The monoisotopic (exact) mass is 755 g/mol. The van der Waals surface area contributed by atoms with Gasteiger partial charge in [-0.25, -0.2) is 14.4 Å². The summed E-state index contributed by atoms with van der Waals surface area (Å²) in [5, 5.41) is 12.9. The van der Waals surface area contributed by atoms with Crippen LogP contribution in [0.25, 0.3) is 10.9 Å². The van der Waals surface area contributed by atoms with Crippen LogP contribution in [0.4, 0.5) is 21.6 Å². The first-order chi connectivity index (χ1) is 24.3. The van der Waals surface area contributed by atoms with Gasteiger partial charge in [-0.3, -0.25) is 14.4 Å². The Labute approximate surface area is 313 Å². The van der Waals surface area contributed by atoms with Gasteiger partial charge in [-0.1, -0.05) is 44.5 Å². The Morgan fingerprint density at radius 2 is 1.85 bits per heavy atom. The van der Waals surface area contributed by atoms with Crippen molar-refractivity contribution in [3.8, 4) is 11.5 Å². The zero-order chi connectivity index (χ0) is 36.9. The molecule has 0 bridgehead atoms. The number of halogens is 3. The molecule has 1 saturated heterocycles. The van der Waals surface area contributed by atoms with Gasteiger partial charge in [0, 0.05) is 23.7 Å². The first-order valence-electron chi connectivity index (χ1n) is 16.6. The van der Waals surface area contributed by atoms with E-state index in [0.717, 1.165) is 0 Å². The lowest BCUT2D eigenvalue weighted by Crippen LogP contribution is -2.59. The van der Waals surface area contributed by atoms with Crippen molar-refractivity contribution in [1.82, 2.24) is 25.5 Å². The third-order valence-electron chi connectivity index (χ3n) is 8.76. The van der Waals surface area contributed by atoms with Crippen LogP contribution in [0.1, 0.15) is 46.1 Å². The normalized spacial score (nSPS) is 15.3. The molecule has 2 heterocycles.